The van der Waals surface area contributed by atoms with Crippen LogP contribution in [0.5, 0.6) is 0 Å². The Balaban J connectivity index is 2.55. The molecule has 1 aromatic rings. The Morgan fingerprint density at radius 2 is 1.80 bits per heavy atom. The van der Waals surface area contributed by atoms with Crippen molar-refractivity contribution in [1.82, 2.24) is 4.72 Å². The third-order valence-electron chi connectivity index (χ3n) is 2.19. The number of nitrogens with one attached hydrogen (secondary N) is 1. The molecule has 0 aromatic carbocycles. The molecular formula is C11H18ClNO4S3. The molecule has 0 atom stereocenters. The number of thiophene rings is 1. The highest BCUT2D eigenvalue weighted by atomic mass is 35.7. The average molecular weight is 360 g/mol. The fourth-order valence-corrected chi connectivity index (χ4v) is 5.35. The predicted molar refractivity (Wildman–Crippen MR) is 82.3 cm³/mol. The van der Waals surface area contributed by atoms with Gasteiger partial charge in [0.2, 0.25) is 10.0 Å². The van der Waals surface area contributed by atoms with Crippen LogP contribution in [0.3, 0.4) is 0 Å². The van der Waals surface area contributed by atoms with Gasteiger partial charge in [-0.15, -0.1) is 11.3 Å². The highest BCUT2D eigenvalue weighted by Gasteiger charge is 2.21. The van der Waals surface area contributed by atoms with Crippen molar-refractivity contribution in [3.63, 3.8) is 0 Å². The molecule has 0 aliphatic heterocycles. The topological polar surface area (TPSA) is 80.3 Å². The van der Waals surface area contributed by atoms with E-state index in [0.717, 1.165) is 16.2 Å². The van der Waals surface area contributed by atoms with Gasteiger partial charge in [-0.05, 0) is 24.0 Å². The second-order valence-electron chi connectivity index (χ2n) is 5.62. The van der Waals surface area contributed by atoms with Crippen LogP contribution in [0.4, 0.5) is 0 Å². The number of sulfonamides is 1. The molecular weight excluding hydrogens is 342 g/mol. The Morgan fingerprint density at radius 3 is 2.25 bits per heavy atom. The highest BCUT2D eigenvalue weighted by Crippen LogP contribution is 2.25. The molecule has 1 aromatic heterocycles. The van der Waals surface area contributed by atoms with Crippen molar-refractivity contribution in [3.05, 3.63) is 17.0 Å². The molecule has 0 amide bonds. The fourth-order valence-electron chi connectivity index (χ4n) is 1.57. The van der Waals surface area contributed by atoms with Gasteiger partial charge in [0, 0.05) is 22.1 Å². The van der Waals surface area contributed by atoms with E-state index in [1.807, 2.05) is 20.8 Å². The van der Waals surface area contributed by atoms with Gasteiger partial charge in [-0.3, -0.25) is 0 Å². The van der Waals surface area contributed by atoms with Gasteiger partial charge < -0.3 is 0 Å². The van der Waals surface area contributed by atoms with E-state index in [4.69, 9.17) is 10.7 Å². The first kappa shape index (κ1) is 17.9. The van der Waals surface area contributed by atoms with Crippen LogP contribution in [-0.2, 0) is 25.5 Å². The normalized spacial score (nSPS) is 13.6. The van der Waals surface area contributed by atoms with Crippen LogP contribution in [0.15, 0.2) is 16.3 Å². The molecule has 1 rings (SSSR count). The van der Waals surface area contributed by atoms with Crippen molar-refractivity contribution in [1.29, 1.82) is 0 Å². The molecule has 0 aliphatic carbocycles. The Kier molecular flexibility index (Phi) is 5.65. The summed E-state index contributed by atoms with van der Waals surface area (Å²) < 4.78 is 48.3. The first-order valence-electron chi connectivity index (χ1n) is 5.90. The molecule has 5 nitrogen and oxygen atoms in total. The molecule has 1 heterocycles. The Labute approximate surface area is 128 Å². The summed E-state index contributed by atoms with van der Waals surface area (Å²) >= 11 is 1.05. The zero-order valence-corrected chi connectivity index (χ0v) is 14.7. The molecule has 0 spiro atoms. The lowest BCUT2D eigenvalue weighted by Gasteiger charge is -2.18. The van der Waals surface area contributed by atoms with Crippen molar-refractivity contribution < 1.29 is 16.8 Å². The monoisotopic (exact) mass is 359 g/mol. The molecule has 0 saturated carbocycles. The minimum atomic E-state index is -3.71. The van der Waals surface area contributed by atoms with E-state index < -0.39 is 19.1 Å². The summed E-state index contributed by atoms with van der Waals surface area (Å²) in [6.07, 6.45) is 0.431. The molecule has 0 saturated heterocycles. The maximum absolute atomic E-state index is 11.8. The SMILES string of the molecule is CC(C)(C)CS(=O)(=O)NCCc1ccc(S(=O)(=O)Cl)s1. The minimum Gasteiger partial charge on any atom is -0.215 e. The maximum atomic E-state index is 11.8. The van der Waals surface area contributed by atoms with Gasteiger partial charge >= 0.3 is 0 Å². The van der Waals surface area contributed by atoms with E-state index in [-0.39, 0.29) is 21.9 Å². The first-order valence-corrected chi connectivity index (χ1v) is 10.7. The van der Waals surface area contributed by atoms with E-state index in [1.165, 1.54) is 6.07 Å². The summed E-state index contributed by atoms with van der Waals surface area (Å²) in [5.74, 6) is 0.0474. The van der Waals surface area contributed by atoms with Gasteiger partial charge in [-0.25, -0.2) is 21.6 Å². The minimum absolute atomic E-state index is 0.0474. The maximum Gasteiger partial charge on any atom is 0.270 e. The van der Waals surface area contributed by atoms with Gasteiger partial charge in [0.15, 0.2) is 0 Å². The number of hydrogen-bond acceptors (Lipinski definition) is 5. The number of hydrogen-bond donors (Lipinski definition) is 1. The van der Waals surface area contributed by atoms with E-state index in [1.54, 1.807) is 6.07 Å². The zero-order chi connectivity index (χ0) is 15.6. The van der Waals surface area contributed by atoms with Gasteiger partial charge in [-0.2, -0.15) is 0 Å². The number of halogens is 1. The van der Waals surface area contributed by atoms with Crippen LogP contribution in [0.2, 0.25) is 0 Å². The van der Waals surface area contributed by atoms with Gasteiger partial charge in [0.25, 0.3) is 9.05 Å². The quantitative estimate of drug-likeness (QED) is 0.789. The third kappa shape index (κ3) is 6.53. The Morgan fingerprint density at radius 1 is 1.20 bits per heavy atom. The van der Waals surface area contributed by atoms with Crippen molar-refractivity contribution >= 4 is 41.1 Å². The molecule has 20 heavy (non-hydrogen) atoms. The molecule has 9 heteroatoms. The first-order chi connectivity index (χ1) is 8.89. The average Bonchev–Trinajstić information content (AvgIpc) is 2.60. The smallest absolute Gasteiger partial charge is 0.215 e. The van der Waals surface area contributed by atoms with Gasteiger partial charge in [0.1, 0.15) is 4.21 Å². The second-order valence-corrected chi connectivity index (χ2v) is 11.4. The molecule has 1 N–H and O–H groups in total. The highest BCUT2D eigenvalue weighted by molar-refractivity contribution is 8.15. The molecule has 116 valence electrons. The molecule has 0 bridgehead atoms. The largest absolute Gasteiger partial charge is 0.270 e. The lowest BCUT2D eigenvalue weighted by atomic mass is 10.0. The lowest BCUT2D eigenvalue weighted by Crippen LogP contribution is -2.33. The van der Waals surface area contributed by atoms with Crippen molar-refractivity contribution in [2.45, 2.75) is 31.4 Å². The van der Waals surface area contributed by atoms with Crippen LogP contribution in [0.25, 0.3) is 0 Å². The predicted octanol–water partition coefficient (Wildman–Crippen LogP) is 2.18. The van der Waals surface area contributed by atoms with Crippen LogP contribution in [0, 0.1) is 5.41 Å². The van der Waals surface area contributed by atoms with Crippen molar-refractivity contribution in [3.8, 4) is 0 Å². The van der Waals surface area contributed by atoms with Crippen LogP contribution >= 0.6 is 22.0 Å². The summed E-state index contributed by atoms with van der Waals surface area (Å²) in [4.78, 5) is 0.766. The summed E-state index contributed by atoms with van der Waals surface area (Å²) in [6.45, 7) is 5.79. The summed E-state index contributed by atoms with van der Waals surface area (Å²) in [7, 11) is -1.81. The summed E-state index contributed by atoms with van der Waals surface area (Å²) in [6, 6.07) is 3.06. The lowest BCUT2D eigenvalue weighted by molar-refractivity contribution is 0.458. The second kappa shape index (κ2) is 6.31. The fraction of sp³-hybridized carbons (Fsp3) is 0.636. The van der Waals surface area contributed by atoms with E-state index in [0.29, 0.717) is 6.42 Å². The molecule has 0 unspecified atom stereocenters. The van der Waals surface area contributed by atoms with Crippen LogP contribution in [0.1, 0.15) is 25.6 Å². The number of rotatable bonds is 6. The standard InChI is InChI=1S/C11H18ClNO4S3/c1-11(2,3)8-19(14,15)13-7-6-9-4-5-10(18-9)20(12,16)17/h4-5,13H,6-8H2,1-3H3. The zero-order valence-electron chi connectivity index (χ0n) is 11.5. The molecule has 0 fully saturated rings. The third-order valence-corrected chi connectivity index (χ3v) is 7.32. The van der Waals surface area contributed by atoms with E-state index in [9.17, 15) is 16.8 Å². The summed E-state index contributed by atoms with van der Waals surface area (Å²) in [5, 5.41) is 0. The van der Waals surface area contributed by atoms with Crippen LogP contribution < -0.4 is 4.72 Å². The van der Waals surface area contributed by atoms with Gasteiger partial charge in [0.05, 0.1) is 5.75 Å². The van der Waals surface area contributed by atoms with Crippen LogP contribution in [-0.4, -0.2) is 29.1 Å². The molecule has 0 radical (unpaired) electrons. The van der Waals surface area contributed by atoms with Crippen molar-refractivity contribution in [2.75, 3.05) is 12.3 Å². The van der Waals surface area contributed by atoms with Gasteiger partial charge in [-0.1, -0.05) is 20.8 Å². The summed E-state index contributed by atoms with van der Waals surface area (Å²) in [5.41, 5.74) is -0.311. The Hall–Kier alpha value is -0.150. The van der Waals surface area contributed by atoms with Crippen molar-refractivity contribution in [2.24, 2.45) is 5.41 Å². The molecule has 0 aliphatic rings. The van der Waals surface area contributed by atoms with E-state index in [2.05, 4.69) is 4.72 Å². The van der Waals surface area contributed by atoms with E-state index >= 15 is 0 Å². The Bertz CT molecular complexity index is 656.